The lowest BCUT2D eigenvalue weighted by atomic mass is 10.0. The van der Waals surface area contributed by atoms with Crippen LogP contribution in [0, 0.1) is 0 Å². The van der Waals surface area contributed by atoms with Crippen molar-refractivity contribution < 1.29 is 5.11 Å². The van der Waals surface area contributed by atoms with Crippen LogP contribution >= 0.6 is 23.4 Å². The first-order valence-electron chi connectivity index (χ1n) is 5.01. The number of rotatable bonds is 0. The molecule has 0 bridgehead atoms. The predicted molar refractivity (Wildman–Crippen MR) is 66.5 cm³/mol. The summed E-state index contributed by atoms with van der Waals surface area (Å²) in [7, 11) is 0. The second-order valence-electron chi connectivity index (χ2n) is 3.80. The summed E-state index contributed by atoms with van der Waals surface area (Å²) in [5, 5.41) is 10.6. The third-order valence-corrected chi connectivity index (χ3v) is 4.22. The fraction of sp³-hybridized carbons (Fsp3) is 0.0769. The molecule has 0 atom stereocenters. The summed E-state index contributed by atoms with van der Waals surface area (Å²) >= 11 is 7.59. The van der Waals surface area contributed by atoms with Gasteiger partial charge in [-0.3, -0.25) is 0 Å². The summed E-state index contributed by atoms with van der Waals surface area (Å²) in [4.78, 5) is 2.15. The highest BCUT2D eigenvalue weighted by Crippen LogP contribution is 2.44. The highest BCUT2D eigenvalue weighted by atomic mass is 35.5. The first-order valence-corrected chi connectivity index (χ1v) is 6.20. The van der Waals surface area contributed by atoms with Crippen LogP contribution in [0.25, 0.3) is 0 Å². The smallest absolute Gasteiger partial charge is 0.129 e. The van der Waals surface area contributed by atoms with Crippen LogP contribution in [-0.2, 0) is 6.42 Å². The molecule has 1 aliphatic rings. The average molecular weight is 249 g/mol. The molecule has 0 fully saturated rings. The number of benzene rings is 2. The summed E-state index contributed by atoms with van der Waals surface area (Å²) in [5.74, 6) is 0.364. The number of phenols is 1. The molecule has 16 heavy (non-hydrogen) atoms. The first-order chi connectivity index (χ1) is 7.74. The molecule has 0 amide bonds. The monoisotopic (exact) mass is 248 g/mol. The Hall–Kier alpha value is -1.12. The van der Waals surface area contributed by atoms with Crippen molar-refractivity contribution in [2.24, 2.45) is 0 Å². The SMILES string of the molecule is Oc1cccc2c1Sc1ccc(Cl)cc1C2. The summed E-state index contributed by atoms with van der Waals surface area (Å²) in [6, 6.07) is 11.6. The van der Waals surface area contributed by atoms with E-state index in [0.717, 1.165) is 16.3 Å². The molecule has 2 aromatic rings. The number of halogens is 1. The normalized spacial score (nSPS) is 13.1. The van der Waals surface area contributed by atoms with Gasteiger partial charge in [0, 0.05) is 9.92 Å². The van der Waals surface area contributed by atoms with Crippen LogP contribution in [0.5, 0.6) is 5.75 Å². The van der Waals surface area contributed by atoms with Gasteiger partial charge in [0.25, 0.3) is 0 Å². The van der Waals surface area contributed by atoms with Crippen LogP contribution in [0.4, 0.5) is 0 Å². The van der Waals surface area contributed by atoms with E-state index >= 15 is 0 Å². The molecule has 0 spiro atoms. The Morgan fingerprint density at radius 3 is 2.88 bits per heavy atom. The molecule has 1 heterocycles. The highest BCUT2D eigenvalue weighted by Gasteiger charge is 2.18. The van der Waals surface area contributed by atoms with Crippen molar-refractivity contribution in [2.45, 2.75) is 16.2 Å². The van der Waals surface area contributed by atoms with Gasteiger partial charge in [-0.2, -0.15) is 0 Å². The summed E-state index contributed by atoms with van der Waals surface area (Å²) in [6.07, 6.45) is 0.840. The molecule has 3 rings (SSSR count). The van der Waals surface area contributed by atoms with Gasteiger partial charge in [0.05, 0.1) is 4.90 Å². The van der Waals surface area contributed by atoms with E-state index in [-0.39, 0.29) is 0 Å². The van der Waals surface area contributed by atoms with Gasteiger partial charge in [-0.05, 0) is 41.8 Å². The third kappa shape index (κ3) is 1.58. The van der Waals surface area contributed by atoms with Gasteiger partial charge >= 0.3 is 0 Å². The topological polar surface area (TPSA) is 20.2 Å². The second kappa shape index (κ2) is 3.72. The molecule has 0 saturated carbocycles. The van der Waals surface area contributed by atoms with E-state index in [1.165, 1.54) is 16.0 Å². The minimum atomic E-state index is 0.364. The largest absolute Gasteiger partial charge is 0.507 e. The molecule has 0 aliphatic carbocycles. The summed E-state index contributed by atoms with van der Waals surface area (Å²) in [5.41, 5.74) is 2.40. The number of hydrogen-bond acceptors (Lipinski definition) is 2. The Labute approximate surface area is 103 Å². The van der Waals surface area contributed by atoms with Crippen LogP contribution in [0.1, 0.15) is 11.1 Å². The quantitative estimate of drug-likeness (QED) is 0.646. The standard InChI is InChI=1S/C13H9ClOS/c14-10-4-5-12-9(7-10)6-8-2-1-3-11(15)13(8)16-12/h1-5,7,15H,6H2. The third-order valence-electron chi connectivity index (χ3n) is 2.69. The molecule has 80 valence electrons. The summed E-state index contributed by atoms with van der Waals surface area (Å²) < 4.78 is 0. The molecule has 1 N–H and O–H groups in total. The number of hydrogen-bond donors (Lipinski definition) is 1. The lowest BCUT2D eigenvalue weighted by Crippen LogP contribution is -1.99. The highest BCUT2D eigenvalue weighted by molar-refractivity contribution is 7.99. The van der Waals surface area contributed by atoms with Crippen LogP contribution < -0.4 is 0 Å². The minimum Gasteiger partial charge on any atom is -0.507 e. The van der Waals surface area contributed by atoms with Crippen LogP contribution in [0.15, 0.2) is 46.2 Å². The van der Waals surface area contributed by atoms with E-state index in [1.807, 2.05) is 30.3 Å². The molecule has 2 aromatic carbocycles. The minimum absolute atomic E-state index is 0.364. The maximum Gasteiger partial charge on any atom is 0.129 e. The Balaban J connectivity index is 2.13. The predicted octanol–water partition coefficient (Wildman–Crippen LogP) is 4.10. The van der Waals surface area contributed by atoms with Gasteiger partial charge in [-0.15, -0.1) is 0 Å². The Morgan fingerprint density at radius 1 is 1.12 bits per heavy atom. The zero-order valence-electron chi connectivity index (χ0n) is 8.40. The molecular weight excluding hydrogens is 240 g/mol. The van der Waals surface area contributed by atoms with Gasteiger partial charge < -0.3 is 5.11 Å². The Morgan fingerprint density at radius 2 is 2.00 bits per heavy atom. The van der Waals surface area contributed by atoms with Crippen molar-refractivity contribution in [1.82, 2.24) is 0 Å². The Kier molecular flexibility index (Phi) is 2.34. The van der Waals surface area contributed by atoms with Crippen molar-refractivity contribution in [3.05, 3.63) is 52.5 Å². The van der Waals surface area contributed by atoms with Crippen LogP contribution in [0.2, 0.25) is 5.02 Å². The van der Waals surface area contributed by atoms with Gasteiger partial charge in [0.2, 0.25) is 0 Å². The van der Waals surface area contributed by atoms with Crippen LogP contribution in [0.3, 0.4) is 0 Å². The lowest BCUT2D eigenvalue weighted by molar-refractivity contribution is 0.461. The van der Waals surface area contributed by atoms with E-state index in [4.69, 9.17) is 11.6 Å². The van der Waals surface area contributed by atoms with Gasteiger partial charge in [0.1, 0.15) is 5.75 Å². The molecule has 0 saturated heterocycles. The maximum atomic E-state index is 9.79. The molecule has 0 unspecified atom stereocenters. The molecule has 1 nitrogen and oxygen atoms in total. The van der Waals surface area contributed by atoms with Crippen molar-refractivity contribution >= 4 is 23.4 Å². The van der Waals surface area contributed by atoms with Crippen molar-refractivity contribution in [3.63, 3.8) is 0 Å². The summed E-state index contributed by atoms with van der Waals surface area (Å²) in [6.45, 7) is 0. The van der Waals surface area contributed by atoms with Crippen molar-refractivity contribution in [3.8, 4) is 5.75 Å². The molecule has 3 heteroatoms. The molecule has 0 radical (unpaired) electrons. The van der Waals surface area contributed by atoms with E-state index in [1.54, 1.807) is 17.8 Å². The van der Waals surface area contributed by atoms with Gasteiger partial charge in [0.15, 0.2) is 0 Å². The fourth-order valence-electron chi connectivity index (χ4n) is 1.93. The van der Waals surface area contributed by atoms with E-state index in [2.05, 4.69) is 0 Å². The number of phenolic OH excluding ortho intramolecular Hbond substituents is 1. The van der Waals surface area contributed by atoms with Crippen LogP contribution in [-0.4, -0.2) is 5.11 Å². The number of fused-ring (bicyclic) bond motifs is 2. The molecule has 1 aliphatic heterocycles. The average Bonchev–Trinajstić information content (AvgIpc) is 2.27. The van der Waals surface area contributed by atoms with Crippen molar-refractivity contribution in [1.29, 1.82) is 0 Å². The van der Waals surface area contributed by atoms with E-state index in [9.17, 15) is 5.11 Å². The zero-order chi connectivity index (χ0) is 11.1. The zero-order valence-corrected chi connectivity index (χ0v) is 9.98. The lowest BCUT2D eigenvalue weighted by Gasteiger charge is -2.19. The van der Waals surface area contributed by atoms with Gasteiger partial charge in [-0.1, -0.05) is 35.5 Å². The molecular formula is C13H9ClOS. The van der Waals surface area contributed by atoms with Crippen molar-refractivity contribution in [2.75, 3.05) is 0 Å². The van der Waals surface area contributed by atoms with Gasteiger partial charge in [-0.25, -0.2) is 0 Å². The Bertz CT molecular complexity index is 566. The molecule has 0 aromatic heterocycles. The second-order valence-corrected chi connectivity index (χ2v) is 5.28. The van der Waals surface area contributed by atoms with E-state index < -0.39 is 0 Å². The van der Waals surface area contributed by atoms with E-state index in [0.29, 0.717) is 5.75 Å². The maximum absolute atomic E-state index is 9.79. The fourth-order valence-corrected chi connectivity index (χ4v) is 3.19. The number of aromatic hydroxyl groups is 1. The first kappa shape index (κ1) is 10.1.